The van der Waals surface area contributed by atoms with Crippen LogP contribution in [0.2, 0.25) is 0 Å². The number of furan rings is 1. The van der Waals surface area contributed by atoms with E-state index >= 15 is 0 Å². The zero-order valence-electron chi connectivity index (χ0n) is 36.8. The first-order chi connectivity index (χ1) is 29.5. The average Bonchev–Trinajstić information content (AvgIpc) is 3.96. The molecule has 11 rings (SSSR count). The van der Waals surface area contributed by atoms with Crippen molar-refractivity contribution in [2.75, 3.05) is 0 Å². The number of para-hydroxylation sites is 3. The van der Waals surface area contributed by atoms with E-state index in [-0.39, 0.29) is 87.6 Å². The predicted octanol–water partition coefficient (Wildman–Crippen LogP) is 13.1. The molecule has 0 saturated heterocycles. The van der Waals surface area contributed by atoms with Crippen LogP contribution in [0.4, 0.5) is 0 Å². The van der Waals surface area contributed by atoms with Gasteiger partial charge in [-0.3, -0.25) is 0 Å². The first-order valence-corrected chi connectivity index (χ1v) is 16.6. The van der Waals surface area contributed by atoms with Crippen LogP contribution in [0.15, 0.2) is 186 Å². The molecule has 238 valence electrons. The summed E-state index contributed by atoms with van der Waals surface area (Å²) in [5.74, 6) is 0. The van der Waals surface area contributed by atoms with E-state index in [2.05, 4.69) is 0 Å². The number of hydrogen-bond donors (Lipinski definition) is 0. The highest BCUT2D eigenvalue weighted by Crippen LogP contribution is 2.41. The Morgan fingerprint density at radius 3 is 1.98 bits per heavy atom. The topological polar surface area (TPSA) is 23.0 Å². The standard InChI is InChI=1S/C48H30N2O/c1-2-12-31(13-3-1)32-14-10-15-33(28-32)34-24-27-46-40(29-34)48-45(22-11-23-47(48)51-46)50-43-21-9-6-18-38(43)39-30-35(25-26-44(39)50)49-41-19-7-4-16-36(41)37-17-5-8-20-42(37)49/h1-30H/i4D,7D,11D,16D,19D,22D,23D,24D,27D,29D. The lowest BCUT2D eigenvalue weighted by molar-refractivity contribution is 0.669. The minimum atomic E-state index is -0.400. The van der Waals surface area contributed by atoms with Crippen LogP contribution < -0.4 is 0 Å². The summed E-state index contributed by atoms with van der Waals surface area (Å²) in [6, 6.07) is 35.3. The quantitative estimate of drug-likeness (QED) is 0.184. The van der Waals surface area contributed by atoms with Crippen LogP contribution in [-0.2, 0) is 0 Å². The molecule has 0 spiro atoms. The van der Waals surface area contributed by atoms with E-state index in [0.717, 1.165) is 21.9 Å². The molecule has 8 aromatic carbocycles. The predicted molar refractivity (Wildman–Crippen MR) is 213 cm³/mol. The Morgan fingerprint density at radius 2 is 1.12 bits per heavy atom. The van der Waals surface area contributed by atoms with Gasteiger partial charge in [0.2, 0.25) is 0 Å². The number of hydrogen-bond acceptors (Lipinski definition) is 1. The van der Waals surface area contributed by atoms with Crippen molar-refractivity contribution in [1.82, 2.24) is 9.13 Å². The van der Waals surface area contributed by atoms with E-state index in [9.17, 15) is 4.11 Å². The van der Waals surface area contributed by atoms with Crippen LogP contribution >= 0.6 is 0 Å². The third-order valence-corrected chi connectivity index (χ3v) is 9.75. The van der Waals surface area contributed by atoms with Crippen molar-refractivity contribution in [2.45, 2.75) is 0 Å². The smallest absolute Gasteiger partial charge is 0.137 e. The molecule has 0 atom stereocenters. The first kappa shape index (κ1) is 20.0. The lowest BCUT2D eigenvalue weighted by Gasteiger charge is -2.11. The van der Waals surface area contributed by atoms with E-state index in [4.69, 9.17) is 14.0 Å². The van der Waals surface area contributed by atoms with Gasteiger partial charge in [0.05, 0.1) is 46.8 Å². The molecule has 0 aliphatic heterocycles. The van der Waals surface area contributed by atoms with Gasteiger partial charge in [0.25, 0.3) is 0 Å². The van der Waals surface area contributed by atoms with Gasteiger partial charge in [-0.05, 0) is 88.9 Å². The number of nitrogens with zero attached hydrogens (tertiary/aromatic N) is 2. The van der Waals surface area contributed by atoms with Crippen molar-refractivity contribution in [3.05, 3.63) is 182 Å². The Kier molecular flexibility index (Phi) is 4.24. The molecule has 51 heavy (non-hydrogen) atoms. The number of rotatable bonds is 4. The van der Waals surface area contributed by atoms with Crippen molar-refractivity contribution in [2.24, 2.45) is 0 Å². The summed E-state index contributed by atoms with van der Waals surface area (Å²) in [6.45, 7) is 0. The van der Waals surface area contributed by atoms with Gasteiger partial charge in [0.1, 0.15) is 11.2 Å². The van der Waals surface area contributed by atoms with Crippen LogP contribution in [0.3, 0.4) is 0 Å². The summed E-state index contributed by atoms with van der Waals surface area (Å²) in [7, 11) is 0. The van der Waals surface area contributed by atoms with Gasteiger partial charge in [0, 0.05) is 32.6 Å². The fraction of sp³-hybridized carbons (Fsp3) is 0. The normalized spacial score (nSPS) is 14.7. The molecule has 0 radical (unpaired) electrons. The minimum absolute atomic E-state index is 0.0652. The van der Waals surface area contributed by atoms with Crippen LogP contribution in [0.25, 0.3) is 99.2 Å². The number of benzene rings is 8. The highest BCUT2D eigenvalue weighted by Gasteiger charge is 2.20. The molecule has 0 saturated carbocycles. The highest BCUT2D eigenvalue weighted by atomic mass is 16.3. The Bertz CT molecular complexity index is 3720. The van der Waals surface area contributed by atoms with Crippen LogP contribution in [0.5, 0.6) is 0 Å². The molecule has 0 aliphatic carbocycles. The van der Waals surface area contributed by atoms with Gasteiger partial charge in [-0.25, -0.2) is 0 Å². The third-order valence-electron chi connectivity index (χ3n) is 9.75. The maximum atomic E-state index is 9.73. The Hall–Kier alpha value is -6.84. The zero-order valence-corrected chi connectivity index (χ0v) is 26.8. The maximum absolute atomic E-state index is 9.73. The Labute approximate surface area is 307 Å². The van der Waals surface area contributed by atoms with Crippen LogP contribution in [-0.4, -0.2) is 9.13 Å². The van der Waals surface area contributed by atoms with Crippen LogP contribution in [0.1, 0.15) is 13.7 Å². The molecule has 0 fully saturated rings. The van der Waals surface area contributed by atoms with Gasteiger partial charge in [-0.1, -0.05) is 115 Å². The van der Waals surface area contributed by atoms with E-state index in [1.807, 2.05) is 124 Å². The Morgan fingerprint density at radius 1 is 0.412 bits per heavy atom. The van der Waals surface area contributed by atoms with E-state index in [1.54, 1.807) is 6.07 Å². The van der Waals surface area contributed by atoms with Crippen molar-refractivity contribution in [3.63, 3.8) is 0 Å². The lowest BCUT2D eigenvalue weighted by Crippen LogP contribution is -1.96. The molecule has 11 aromatic rings. The van der Waals surface area contributed by atoms with E-state index in [0.29, 0.717) is 44.1 Å². The maximum Gasteiger partial charge on any atom is 0.137 e. The largest absolute Gasteiger partial charge is 0.456 e. The highest BCUT2D eigenvalue weighted by molar-refractivity contribution is 6.16. The molecule has 3 heterocycles. The third kappa shape index (κ3) is 4.19. The molecular formula is C48H30N2O. The molecule has 0 unspecified atom stereocenters. The molecule has 3 heteroatoms. The molecule has 3 aromatic heterocycles. The molecule has 0 amide bonds. The summed E-state index contributed by atoms with van der Waals surface area (Å²) < 4.78 is 100. The SMILES string of the molecule is [2H]c1c(-c2cccc(-c3ccccc3)c2)c([2H])c2c(oc3c([2H])c([2H])c([2H])c(-n4c5ccccc5c5cc(-n6c7ccccc7c7c([2H])c([2H])c([2H])c([2H])c76)ccc54)c32)c1[2H]. The molecule has 0 N–H and O–H groups in total. The first-order valence-electron chi connectivity index (χ1n) is 21.6. The molecule has 3 nitrogen and oxygen atoms in total. The van der Waals surface area contributed by atoms with Gasteiger partial charge in [-0.2, -0.15) is 0 Å². The minimum Gasteiger partial charge on any atom is -0.456 e. The fourth-order valence-electron chi connectivity index (χ4n) is 7.51. The molecule has 0 aliphatic rings. The second-order valence-corrected chi connectivity index (χ2v) is 12.6. The molecular weight excluding hydrogens is 621 g/mol. The van der Waals surface area contributed by atoms with Gasteiger partial charge in [-0.15, -0.1) is 0 Å². The summed E-state index contributed by atoms with van der Waals surface area (Å²) >= 11 is 0. The van der Waals surface area contributed by atoms with Crippen molar-refractivity contribution in [3.8, 4) is 33.6 Å². The number of fused-ring (bicyclic) bond motifs is 9. The van der Waals surface area contributed by atoms with Crippen LogP contribution in [0, 0.1) is 0 Å². The fourth-order valence-corrected chi connectivity index (χ4v) is 7.51. The second-order valence-electron chi connectivity index (χ2n) is 12.6. The van der Waals surface area contributed by atoms with Gasteiger partial charge in [0.15, 0.2) is 0 Å². The summed E-state index contributed by atoms with van der Waals surface area (Å²) in [5.41, 5.74) is 5.58. The van der Waals surface area contributed by atoms with Crippen molar-refractivity contribution >= 4 is 65.6 Å². The van der Waals surface area contributed by atoms with Crippen molar-refractivity contribution < 1.29 is 18.1 Å². The number of aromatic nitrogens is 2. The summed E-state index contributed by atoms with van der Waals surface area (Å²) in [5, 5.41) is 2.99. The second kappa shape index (κ2) is 10.8. The molecule has 0 bridgehead atoms. The summed E-state index contributed by atoms with van der Waals surface area (Å²) in [6.07, 6.45) is 0. The van der Waals surface area contributed by atoms with Gasteiger partial charge < -0.3 is 13.6 Å². The van der Waals surface area contributed by atoms with Crippen molar-refractivity contribution in [1.29, 1.82) is 0 Å². The average molecular weight is 661 g/mol. The lowest BCUT2D eigenvalue weighted by atomic mass is 9.98. The van der Waals surface area contributed by atoms with E-state index < -0.39 is 6.04 Å². The van der Waals surface area contributed by atoms with Gasteiger partial charge >= 0.3 is 0 Å². The zero-order chi connectivity index (χ0) is 42.2. The monoisotopic (exact) mass is 660 g/mol. The Balaban J connectivity index is 1.23. The summed E-state index contributed by atoms with van der Waals surface area (Å²) in [4.78, 5) is 0. The van der Waals surface area contributed by atoms with E-state index in [1.165, 1.54) is 0 Å².